The number of rotatable bonds is 9. The van der Waals surface area contributed by atoms with Crippen LogP contribution in [0.3, 0.4) is 0 Å². The molecule has 2 aliphatic rings. The number of imidazole rings is 1. The van der Waals surface area contributed by atoms with Gasteiger partial charge in [0, 0.05) is 44.4 Å². The predicted molar refractivity (Wildman–Crippen MR) is 157 cm³/mol. The monoisotopic (exact) mass is 585 g/mol. The van der Waals surface area contributed by atoms with Gasteiger partial charge in [0.1, 0.15) is 29.6 Å². The van der Waals surface area contributed by atoms with Gasteiger partial charge in [-0.3, -0.25) is 4.90 Å². The van der Waals surface area contributed by atoms with Crippen molar-refractivity contribution >= 4 is 28.6 Å². The number of pyridine rings is 2. The number of esters is 1. The van der Waals surface area contributed by atoms with Crippen molar-refractivity contribution in [3.8, 4) is 5.88 Å². The summed E-state index contributed by atoms with van der Waals surface area (Å²) in [5.41, 5.74) is 2.26. The van der Waals surface area contributed by atoms with E-state index in [0.717, 1.165) is 56.4 Å². The molecule has 5 heterocycles. The van der Waals surface area contributed by atoms with E-state index in [0.29, 0.717) is 23.6 Å². The maximum atomic E-state index is 14.3. The van der Waals surface area contributed by atoms with Crippen LogP contribution >= 0.6 is 0 Å². The zero-order valence-electron chi connectivity index (χ0n) is 24.1. The highest BCUT2D eigenvalue weighted by molar-refractivity contribution is 5.89. The fourth-order valence-corrected chi connectivity index (χ4v) is 5.41. The van der Waals surface area contributed by atoms with Gasteiger partial charge in [-0.15, -0.1) is 0 Å². The molecule has 4 aromatic rings. The van der Waals surface area contributed by atoms with Gasteiger partial charge in [0.25, 0.3) is 0 Å². The van der Waals surface area contributed by atoms with Crippen molar-refractivity contribution < 1.29 is 23.4 Å². The van der Waals surface area contributed by atoms with Crippen molar-refractivity contribution in [1.29, 1.82) is 0 Å². The van der Waals surface area contributed by atoms with Gasteiger partial charge in [-0.2, -0.15) is 4.98 Å². The van der Waals surface area contributed by atoms with E-state index in [1.807, 2.05) is 18.2 Å². The maximum absolute atomic E-state index is 14.3. The fourth-order valence-electron chi connectivity index (χ4n) is 5.41. The highest BCUT2D eigenvalue weighted by Crippen LogP contribution is 2.29. The molecule has 12 heteroatoms. The smallest absolute Gasteiger partial charge is 0.356 e. The number of hydrogen-bond donors (Lipinski definition) is 0. The lowest BCUT2D eigenvalue weighted by Crippen LogP contribution is -2.48. The number of halogens is 1. The van der Waals surface area contributed by atoms with Crippen molar-refractivity contribution in [1.82, 2.24) is 24.4 Å². The third-order valence-corrected chi connectivity index (χ3v) is 8.01. The second-order valence-corrected chi connectivity index (χ2v) is 10.6. The Balaban J connectivity index is 1.13. The van der Waals surface area contributed by atoms with Crippen LogP contribution in [0, 0.1) is 12.4 Å². The van der Waals surface area contributed by atoms with Crippen molar-refractivity contribution in [2.75, 3.05) is 44.8 Å². The van der Waals surface area contributed by atoms with Crippen molar-refractivity contribution in [3.63, 3.8) is 0 Å². The molecule has 11 nitrogen and oxygen atoms in total. The van der Waals surface area contributed by atoms with Crippen LogP contribution in [0.15, 0.2) is 48.5 Å². The number of fused-ring (bicyclic) bond motifs is 1. The Morgan fingerprint density at radius 2 is 1.95 bits per heavy atom. The number of piperazine rings is 1. The minimum atomic E-state index is -0.481. The second kappa shape index (κ2) is 12.3. The van der Waals surface area contributed by atoms with Gasteiger partial charge in [-0.05, 0) is 37.6 Å². The van der Waals surface area contributed by atoms with E-state index in [2.05, 4.69) is 36.1 Å². The lowest BCUT2D eigenvalue weighted by Gasteiger charge is -2.38. The van der Waals surface area contributed by atoms with Crippen LogP contribution in [-0.2, 0) is 22.6 Å². The Morgan fingerprint density at radius 3 is 2.65 bits per heavy atom. The maximum Gasteiger partial charge on any atom is 0.356 e. The average molecular weight is 586 g/mol. The summed E-state index contributed by atoms with van der Waals surface area (Å²) in [7, 11) is 1.35. The third kappa shape index (κ3) is 6.00. The Hall–Kier alpha value is -4.60. The number of nitrogens with zero attached hydrogens (tertiary/aromatic N) is 7. The van der Waals surface area contributed by atoms with Crippen molar-refractivity contribution in [2.45, 2.75) is 38.6 Å². The van der Waals surface area contributed by atoms with Gasteiger partial charge < -0.3 is 23.7 Å². The van der Waals surface area contributed by atoms with Crippen LogP contribution in [-0.4, -0.2) is 76.4 Å². The Morgan fingerprint density at radius 1 is 1.14 bits per heavy atom. The molecule has 2 atom stereocenters. The summed E-state index contributed by atoms with van der Waals surface area (Å²) in [6.45, 7) is 13.6. The first-order chi connectivity index (χ1) is 20.9. The lowest BCUT2D eigenvalue weighted by atomic mass is 10.1. The van der Waals surface area contributed by atoms with Crippen LogP contribution in [0.25, 0.3) is 16.0 Å². The quantitative estimate of drug-likeness (QED) is 0.207. The van der Waals surface area contributed by atoms with Gasteiger partial charge in [0.2, 0.25) is 5.88 Å². The van der Waals surface area contributed by atoms with E-state index in [1.54, 1.807) is 24.3 Å². The molecule has 0 spiro atoms. The van der Waals surface area contributed by atoms with Gasteiger partial charge >= 0.3 is 5.97 Å². The largest absolute Gasteiger partial charge is 0.473 e. The number of ether oxygens (including phenoxy) is 3. The zero-order valence-corrected chi connectivity index (χ0v) is 24.1. The summed E-state index contributed by atoms with van der Waals surface area (Å²) in [5, 5.41) is 0. The molecule has 0 bridgehead atoms. The van der Waals surface area contributed by atoms with E-state index in [4.69, 9.17) is 25.8 Å². The van der Waals surface area contributed by atoms with E-state index < -0.39 is 11.8 Å². The van der Waals surface area contributed by atoms with E-state index in [-0.39, 0.29) is 30.1 Å². The highest BCUT2D eigenvalue weighted by atomic mass is 19.1. The normalized spacial score (nSPS) is 17.7. The summed E-state index contributed by atoms with van der Waals surface area (Å²) in [5.74, 6) is 1.14. The molecule has 6 rings (SSSR count). The van der Waals surface area contributed by atoms with E-state index in [9.17, 15) is 9.18 Å². The lowest BCUT2D eigenvalue weighted by molar-refractivity contribution is -0.0594. The molecular weight excluding hydrogens is 553 g/mol. The molecule has 3 aromatic heterocycles. The molecule has 2 saturated heterocycles. The summed E-state index contributed by atoms with van der Waals surface area (Å²) in [4.78, 5) is 34.2. The van der Waals surface area contributed by atoms with Gasteiger partial charge in [0.15, 0.2) is 17.0 Å². The topological polar surface area (TPSA) is 99.2 Å². The number of carbonyl (C=O) groups excluding carboxylic acids is 1. The molecule has 1 unspecified atom stereocenters. The van der Waals surface area contributed by atoms with Crippen LogP contribution in [0.4, 0.5) is 15.9 Å². The summed E-state index contributed by atoms with van der Waals surface area (Å²) >= 11 is 0. The van der Waals surface area contributed by atoms with Gasteiger partial charge in [-0.25, -0.2) is 24.0 Å². The van der Waals surface area contributed by atoms with Crippen LogP contribution < -0.4 is 9.64 Å². The number of benzene rings is 1. The summed E-state index contributed by atoms with van der Waals surface area (Å²) in [6, 6.07) is 13.4. The van der Waals surface area contributed by atoms with Crippen LogP contribution in [0.2, 0.25) is 0 Å². The summed E-state index contributed by atoms with van der Waals surface area (Å²) in [6.07, 6.45) is 1.07. The molecular formula is C31H32FN7O4. The molecule has 0 N–H and O–H groups in total. The molecule has 0 aliphatic carbocycles. The standard InChI is InChI=1S/C31H32FN7O4/c1-20(29-34-25-9-10-26(31(40)41-3)35-30(25)39(29)18-23-11-16-42-23)37-12-14-38(15-13-37)27-5-4-6-28(36-27)43-19-21-7-8-22(33-2)17-24(21)32/h4-10,17,20,23H,11-16,18-19H2,1,3H3/t20?,23-/m0/s1. The fraction of sp³-hybridized carbons (Fsp3) is 0.387. The SMILES string of the molecule is [C-]#[N+]c1ccc(COc2cccc(N3CCN(C(C)c4nc5ccc(C(=O)OC)nc5n4C[C@@H]4CCO4)CC3)n2)c(F)c1. The molecule has 222 valence electrons. The minimum absolute atomic E-state index is 0.00441. The molecule has 2 fully saturated rings. The minimum Gasteiger partial charge on any atom is -0.473 e. The molecule has 0 amide bonds. The first-order valence-electron chi connectivity index (χ1n) is 14.3. The number of anilines is 1. The molecule has 1 aromatic carbocycles. The van der Waals surface area contributed by atoms with Crippen LogP contribution in [0.5, 0.6) is 5.88 Å². The number of methoxy groups -OCH3 is 1. The van der Waals surface area contributed by atoms with Crippen molar-refractivity contribution in [3.05, 3.63) is 82.8 Å². The second-order valence-electron chi connectivity index (χ2n) is 10.6. The van der Waals surface area contributed by atoms with Crippen LogP contribution in [0.1, 0.15) is 41.3 Å². The zero-order chi connectivity index (χ0) is 29.9. The molecule has 2 aliphatic heterocycles. The van der Waals surface area contributed by atoms with E-state index >= 15 is 0 Å². The van der Waals surface area contributed by atoms with Crippen molar-refractivity contribution in [2.24, 2.45) is 0 Å². The Bertz CT molecular complexity index is 1670. The number of aromatic nitrogens is 4. The average Bonchev–Trinajstić information content (AvgIpc) is 3.39. The molecule has 0 radical (unpaired) electrons. The first-order valence-corrected chi connectivity index (χ1v) is 14.3. The molecule has 43 heavy (non-hydrogen) atoms. The van der Waals surface area contributed by atoms with Gasteiger partial charge in [-0.1, -0.05) is 18.2 Å². The third-order valence-electron chi connectivity index (χ3n) is 8.01. The highest BCUT2D eigenvalue weighted by Gasteiger charge is 2.29. The summed E-state index contributed by atoms with van der Waals surface area (Å²) < 4.78 is 32.8. The Labute approximate surface area is 248 Å². The Kier molecular flexibility index (Phi) is 8.18. The first kappa shape index (κ1) is 28.5. The molecule has 0 saturated carbocycles. The number of hydrogen-bond acceptors (Lipinski definition) is 9. The number of carbonyl (C=O) groups is 1. The van der Waals surface area contributed by atoms with Gasteiger partial charge in [0.05, 0.1) is 32.4 Å². The predicted octanol–water partition coefficient (Wildman–Crippen LogP) is 4.55. The van der Waals surface area contributed by atoms with E-state index in [1.165, 1.54) is 13.2 Å².